The largest absolute Gasteiger partial charge is 0.507 e. The molecule has 1 aliphatic rings. The fourth-order valence-electron chi connectivity index (χ4n) is 4.06. The second kappa shape index (κ2) is 10.7. The van der Waals surface area contributed by atoms with E-state index in [0.29, 0.717) is 34.9 Å². The van der Waals surface area contributed by atoms with Gasteiger partial charge in [0.1, 0.15) is 11.5 Å². The summed E-state index contributed by atoms with van der Waals surface area (Å²) >= 11 is 6.22. The smallest absolute Gasteiger partial charge is 0.295 e. The van der Waals surface area contributed by atoms with Gasteiger partial charge in [0, 0.05) is 17.1 Å². The molecule has 1 amide bonds. The van der Waals surface area contributed by atoms with Gasteiger partial charge in [-0.3, -0.25) is 9.59 Å². The first-order valence-electron chi connectivity index (χ1n) is 10.8. The van der Waals surface area contributed by atoms with Gasteiger partial charge < -0.3 is 19.6 Å². The summed E-state index contributed by atoms with van der Waals surface area (Å²) in [7, 11) is 1.53. The third-order valence-electron chi connectivity index (χ3n) is 5.82. The molecule has 7 heteroatoms. The van der Waals surface area contributed by atoms with Gasteiger partial charge in [-0.2, -0.15) is 0 Å². The van der Waals surface area contributed by atoms with Gasteiger partial charge in [-0.1, -0.05) is 49.7 Å². The van der Waals surface area contributed by atoms with Crippen molar-refractivity contribution in [1.82, 2.24) is 9.80 Å². The minimum atomic E-state index is -0.711. The summed E-state index contributed by atoms with van der Waals surface area (Å²) in [6, 6.07) is 13.1. The van der Waals surface area contributed by atoms with Crippen molar-refractivity contribution in [2.24, 2.45) is 0 Å². The molecule has 0 spiro atoms. The van der Waals surface area contributed by atoms with Gasteiger partial charge in [-0.15, -0.1) is 0 Å². The highest BCUT2D eigenvalue weighted by atomic mass is 35.5. The molecule has 0 bridgehead atoms. The Morgan fingerprint density at radius 3 is 2.50 bits per heavy atom. The van der Waals surface area contributed by atoms with Crippen molar-refractivity contribution in [2.75, 3.05) is 33.3 Å². The van der Waals surface area contributed by atoms with E-state index in [1.807, 2.05) is 6.07 Å². The lowest BCUT2D eigenvalue weighted by molar-refractivity contribution is -0.140. The van der Waals surface area contributed by atoms with Gasteiger partial charge in [0.25, 0.3) is 11.7 Å². The lowest BCUT2D eigenvalue weighted by Crippen LogP contribution is -2.33. The molecule has 0 saturated carbocycles. The molecule has 32 heavy (non-hydrogen) atoms. The average Bonchev–Trinajstić information content (AvgIpc) is 3.06. The molecule has 2 aromatic carbocycles. The van der Waals surface area contributed by atoms with Crippen LogP contribution in [0.5, 0.6) is 5.75 Å². The Morgan fingerprint density at radius 1 is 1.12 bits per heavy atom. The van der Waals surface area contributed by atoms with Gasteiger partial charge >= 0.3 is 0 Å². The maximum Gasteiger partial charge on any atom is 0.295 e. The molecule has 3 rings (SSSR count). The van der Waals surface area contributed by atoms with E-state index in [-0.39, 0.29) is 11.3 Å². The highest BCUT2D eigenvalue weighted by molar-refractivity contribution is 6.46. The third-order valence-corrected chi connectivity index (χ3v) is 6.05. The van der Waals surface area contributed by atoms with Crippen molar-refractivity contribution >= 4 is 29.1 Å². The number of aliphatic hydroxyl groups excluding tert-OH is 1. The number of hydrogen-bond donors (Lipinski definition) is 1. The molecule has 1 atom stereocenters. The third kappa shape index (κ3) is 4.97. The predicted octanol–water partition coefficient (Wildman–Crippen LogP) is 4.50. The van der Waals surface area contributed by atoms with E-state index in [9.17, 15) is 14.7 Å². The van der Waals surface area contributed by atoms with Crippen LogP contribution in [0.25, 0.3) is 5.76 Å². The van der Waals surface area contributed by atoms with Crippen LogP contribution in [-0.2, 0) is 9.59 Å². The van der Waals surface area contributed by atoms with Gasteiger partial charge in [0.15, 0.2) is 0 Å². The van der Waals surface area contributed by atoms with Crippen LogP contribution in [0.15, 0.2) is 54.1 Å². The molecular weight excluding hydrogens is 428 g/mol. The molecule has 0 aromatic heterocycles. The maximum atomic E-state index is 13.1. The zero-order chi connectivity index (χ0) is 23.3. The summed E-state index contributed by atoms with van der Waals surface area (Å²) in [4.78, 5) is 29.9. The highest BCUT2D eigenvalue weighted by Gasteiger charge is 2.45. The number of Topliss-reactive ketones (excluding diaryl/α,β-unsaturated/α-hetero) is 1. The topological polar surface area (TPSA) is 70.1 Å². The van der Waals surface area contributed by atoms with E-state index in [1.165, 1.54) is 7.11 Å². The maximum absolute atomic E-state index is 13.1. The fraction of sp³-hybridized carbons (Fsp3) is 0.360. The number of carbonyl (C=O) groups is 2. The van der Waals surface area contributed by atoms with Crippen LogP contribution >= 0.6 is 11.6 Å². The van der Waals surface area contributed by atoms with Crippen LogP contribution in [0.2, 0.25) is 5.02 Å². The Morgan fingerprint density at radius 2 is 1.84 bits per heavy atom. The van der Waals surface area contributed by atoms with Crippen LogP contribution in [0.1, 0.15) is 37.4 Å². The molecule has 0 unspecified atom stereocenters. The van der Waals surface area contributed by atoms with Crippen LogP contribution in [0.4, 0.5) is 0 Å². The number of amides is 1. The number of benzene rings is 2. The lowest BCUT2D eigenvalue weighted by atomic mass is 9.95. The molecule has 1 N–H and O–H groups in total. The summed E-state index contributed by atoms with van der Waals surface area (Å²) in [6.07, 6.45) is 0.713. The number of aliphatic hydroxyl groups is 1. The van der Waals surface area contributed by atoms with Gasteiger partial charge in [0.2, 0.25) is 0 Å². The zero-order valence-corrected chi connectivity index (χ0v) is 19.4. The summed E-state index contributed by atoms with van der Waals surface area (Å²) < 4.78 is 5.24. The molecular formula is C25H29ClN2O4. The molecule has 1 aliphatic heterocycles. The molecule has 1 fully saturated rings. The van der Waals surface area contributed by atoms with Crippen molar-refractivity contribution in [3.05, 3.63) is 70.3 Å². The highest BCUT2D eigenvalue weighted by Crippen LogP contribution is 2.40. The van der Waals surface area contributed by atoms with Gasteiger partial charge in [-0.25, -0.2) is 0 Å². The summed E-state index contributed by atoms with van der Waals surface area (Å²) in [5.74, 6) is -0.989. The fourth-order valence-corrected chi connectivity index (χ4v) is 4.26. The molecule has 2 aromatic rings. The van der Waals surface area contributed by atoms with Gasteiger partial charge in [-0.05, 0) is 55.9 Å². The number of carbonyl (C=O) groups excluding carboxylic acids is 2. The molecule has 6 nitrogen and oxygen atoms in total. The van der Waals surface area contributed by atoms with E-state index in [4.69, 9.17) is 16.3 Å². The zero-order valence-electron chi connectivity index (χ0n) is 18.7. The molecule has 170 valence electrons. The number of hydrogen-bond acceptors (Lipinski definition) is 5. The Hall–Kier alpha value is -2.83. The minimum Gasteiger partial charge on any atom is -0.507 e. The molecule has 1 heterocycles. The quantitative estimate of drug-likeness (QED) is 0.341. The number of nitrogens with zero attached hydrogens (tertiary/aromatic N) is 2. The predicted molar refractivity (Wildman–Crippen MR) is 126 cm³/mol. The molecule has 0 aliphatic carbocycles. The second-order valence-electron chi connectivity index (χ2n) is 7.66. The first-order chi connectivity index (χ1) is 15.4. The Labute approximate surface area is 194 Å². The SMILES string of the molecule is CCN(CC)CCCN1C(=O)C(=O)C(=C(O)c2cccc(OC)c2)[C@@H]1c1cccc(Cl)c1. The summed E-state index contributed by atoms with van der Waals surface area (Å²) in [6.45, 7) is 7.23. The Kier molecular flexibility index (Phi) is 7.94. The number of halogens is 1. The second-order valence-corrected chi connectivity index (χ2v) is 8.10. The van der Waals surface area contributed by atoms with Crippen molar-refractivity contribution in [2.45, 2.75) is 26.3 Å². The summed E-state index contributed by atoms with van der Waals surface area (Å²) in [5.41, 5.74) is 1.16. The van der Waals surface area contributed by atoms with Crippen molar-refractivity contribution in [3.8, 4) is 5.75 Å². The van der Waals surface area contributed by atoms with Gasteiger partial charge in [0.05, 0.1) is 18.7 Å². The van der Waals surface area contributed by atoms with Crippen molar-refractivity contribution in [1.29, 1.82) is 0 Å². The normalized spacial score (nSPS) is 17.9. The average molecular weight is 457 g/mol. The van der Waals surface area contributed by atoms with E-state index in [2.05, 4.69) is 18.7 Å². The van der Waals surface area contributed by atoms with E-state index < -0.39 is 17.7 Å². The molecule has 1 saturated heterocycles. The van der Waals surface area contributed by atoms with E-state index >= 15 is 0 Å². The number of methoxy groups -OCH3 is 1. The number of rotatable bonds is 9. The first-order valence-corrected chi connectivity index (χ1v) is 11.2. The monoisotopic (exact) mass is 456 g/mol. The van der Waals surface area contributed by atoms with Crippen molar-refractivity contribution in [3.63, 3.8) is 0 Å². The lowest BCUT2D eigenvalue weighted by Gasteiger charge is -2.27. The summed E-state index contributed by atoms with van der Waals surface area (Å²) in [5, 5.41) is 11.6. The first kappa shape index (κ1) is 23.8. The van der Waals surface area contributed by atoms with Crippen molar-refractivity contribution < 1.29 is 19.4 Å². The van der Waals surface area contributed by atoms with Crippen LogP contribution < -0.4 is 4.74 Å². The van der Waals surface area contributed by atoms with Crippen LogP contribution in [0, 0.1) is 0 Å². The Bertz CT molecular complexity index is 1020. The molecule has 0 radical (unpaired) electrons. The standard InChI is InChI=1S/C25H29ClN2O4/c1-4-27(5-2)13-8-14-28-22(17-9-6-11-19(26)15-17)21(24(30)25(28)31)23(29)18-10-7-12-20(16-18)32-3/h6-7,9-12,15-16,22,29H,4-5,8,13-14H2,1-3H3/t22-/m0/s1. The van der Waals surface area contributed by atoms with E-state index in [0.717, 1.165) is 19.6 Å². The van der Waals surface area contributed by atoms with E-state index in [1.54, 1.807) is 47.4 Å². The number of likely N-dealkylation sites (tertiary alicyclic amines) is 1. The number of ether oxygens (including phenoxy) is 1. The number of ketones is 1. The van der Waals surface area contributed by atoms with Crippen LogP contribution in [0.3, 0.4) is 0 Å². The van der Waals surface area contributed by atoms with Crippen LogP contribution in [-0.4, -0.2) is 59.9 Å². The Balaban J connectivity index is 2.04. The minimum absolute atomic E-state index is 0.0633.